The van der Waals surface area contributed by atoms with Crippen LogP contribution in [0.2, 0.25) is 0 Å². The van der Waals surface area contributed by atoms with Gasteiger partial charge in [0, 0.05) is 16.9 Å². The Kier molecular flexibility index (Phi) is 1.34. The van der Waals surface area contributed by atoms with Gasteiger partial charge in [0.25, 0.3) is 0 Å². The van der Waals surface area contributed by atoms with Crippen molar-refractivity contribution in [2.45, 2.75) is 25.8 Å². The van der Waals surface area contributed by atoms with Crippen LogP contribution >= 0.6 is 0 Å². The Balaban J connectivity index is 2.43. The molecule has 2 nitrogen and oxygen atoms in total. The number of rotatable bonds is 0. The number of hydrogen-bond donors (Lipinski definition) is 2. The summed E-state index contributed by atoms with van der Waals surface area (Å²) in [5.74, 6) is 0. The van der Waals surface area contributed by atoms with Gasteiger partial charge < -0.3 is 11.1 Å². The summed E-state index contributed by atoms with van der Waals surface area (Å²) in [6.45, 7) is 4.40. The summed E-state index contributed by atoms with van der Waals surface area (Å²) < 4.78 is 0. The number of benzene rings is 1. The number of nitrogens with two attached hydrogens (primary N) is 1. The van der Waals surface area contributed by atoms with Crippen LogP contribution in [-0.2, 0) is 6.42 Å². The van der Waals surface area contributed by atoms with E-state index in [0.29, 0.717) is 0 Å². The average Bonchev–Trinajstić information content (AvgIpc) is 2.21. The zero-order valence-electron chi connectivity index (χ0n) is 7.52. The minimum Gasteiger partial charge on any atom is -0.399 e. The summed E-state index contributed by atoms with van der Waals surface area (Å²) in [6.07, 6.45) is 1.09. The first-order valence-electron chi connectivity index (χ1n) is 4.23. The SMILES string of the molecule is CC1(C)Cc2ccc(N)cc2N1. The molecule has 0 saturated heterocycles. The van der Waals surface area contributed by atoms with Crippen LogP contribution in [0.5, 0.6) is 0 Å². The van der Waals surface area contributed by atoms with Gasteiger partial charge in [-0.3, -0.25) is 0 Å². The van der Waals surface area contributed by atoms with E-state index in [2.05, 4.69) is 25.2 Å². The first kappa shape index (κ1) is 7.47. The summed E-state index contributed by atoms with van der Waals surface area (Å²) in [5.41, 5.74) is 9.27. The lowest BCUT2D eigenvalue weighted by Gasteiger charge is -2.17. The minimum absolute atomic E-state index is 0.191. The van der Waals surface area contributed by atoms with Gasteiger partial charge in [-0.2, -0.15) is 0 Å². The molecule has 2 rings (SSSR count). The number of fused-ring (bicyclic) bond motifs is 1. The Morgan fingerprint density at radius 2 is 2.17 bits per heavy atom. The third-order valence-corrected chi connectivity index (χ3v) is 2.24. The van der Waals surface area contributed by atoms with Gasteiger partial charge in [0.05, 0.1) is 0 Å². The second-order valence-corrected chi connectivity index (χ2v) is 4.10. The lowest BCUT2D eigenvalue weighted by Crippen LogP contribution is -2.27. The Morgan fingerprint density at radius 1 is 1.42 bits per heavy atom. The van der Waals surface area contributed by atoms with Gasteiger partial charge in [0.1, 0.15) is 0 Å². The highest BCUT2D eigenvalue weighted by Gasteiger charge is 2.26. The molecule has 64 valence electrons. The maximum absolute atomic E-state index is 5.68. The lowest BCUT2D eigenvalue weighted by molar-refractivity contribution is 0.594. The Bertz CT molecular complexity index is 316. The van der Waals surface area contributed by atoms with Crippen molar-refractivity contribution >= 4 is 11.4 Å². The molecular formula is C10H14N2. The molecule has 0 radical (unpaired) electrons. The van der Waals surface area contributed by atoms with Crippen LogP contribution in [0.4, 0.5) is 11.4 Å². The van der Waals surface area contributed by atoms with Gasteiger partial charge in [-0.25, -0.2) is 0 Å². The third kappa shape index (κ3) is 1.13. The van der Waals surface area contributed by atoms with Gasteiger partial charge in [0.2, 0.25) is 0 Å². The number of nitrogen functional groups attached to an aromatic ring is 1. The standard InChI is InChI=1S/C10H14N2/c1-10(2)6-7-3-4-8(11)5-9(7)12-10/h3-5,12H,6,11H2,1-2H3. The van der Waals surface area contributed by atoms with E-state index in [-0.39, 0.29) is 5.54 Å². The molecule has 0 bridgehead atoms. The molecule has 1 aliphatic rings. The molecule has 1 aliphatic heterocycles. The van der Waals surface area contributed by atoms with Gasteiger partial charge in [-0.15, -0.1) is 0 Å². The molecule has 2 heteroatoms. The number of nitrogens with one attached hydrogen (secondary N) is 1. The Labute approximate surface area is 72.8 Å². The molecular weight excluding hydrogens is 148 g/mol. The number of hydrogen-bond acceptors (Lipinski definition) is 2. The molecule has 0 aromatic heterocycles. The second-order valence-electron chi connectivity index (χ2n) is 4.10. The maximum atomic E-state index is 5.68. The van der Waals surface area contributed by atoms with E-state index >= 15 is 0 Å². The highest BCUT2D eigenvalue weighted by Crippen LogP contribution is 2.32. The molecule has 1 aromatic carbocycles. The van der Waals surface area contributed by atoms with E-state index in [4.69, 9.17) is 5.73 Å². The maximum Gasteiger partial charge on any atom is 0.0398 e. The monoisotopic (exact) mass is 162 g/mol. The van der Waals surface area contributed by atoms with E-state index in [1.165, 1.54) is 11.3 Å². The molecule has 0 atom stereocenters. The predicted octanol–water partition coefficient (Wildman–Crippen LogP) is 2.02. The predicted molar refractivity (Wildman–Crippen MR) is 52.3 cm³/mol. The van der Waals surface area contributed by atoms with Crippen molar-refractivity contribution < 1.29 is 0 Å². The van der Waals surface area contributed by atoms with Crippen LogP contribution in [0.25, 0.3) is 0 Å². The van der Waals surface area contributed by atoms with Crippen molar-refractivity contribution in [3.63, 3.8) is 0 Å². The smallest absolute Gasteiger partial charge is 0.0398 e. The largest absolute Gasteiger partial charge is 0.399 e. The highest BCUT2D eigenvalue weighted by molar-refractivity contribution is 5.64. The fourth-order valence-corrected chi connectivity index (χ4v) is 1.75. The van der Waals surface area contributed by atoms with E-state index < -0.39 is 0 Å². The fourth-order valence-electron chi connectivity index (χ4n) is 1.75. The summed E-state index contributed by atoms with van der Waals surface area (Å²) in [4.78, 5) is 0. The summed E-state index contributed by atoms with van der Waals surface area (Å²) in [7, 11) is 0. The molecule has 3 N–H and O–H groups in total. The van der Waals surface area contributed by atoms with Crippen LogP contribution in [0, 0.1) is 0 Å². The van der Waals surface area contributed by atoms with Crippen LogP contribution in [0.15, 0.2) is 18.2 Å². The topological polar surface area (TPSA) is 38.0 Å². The van der Waals surface area contributed by atoms with Crippen LogP contribution in [0.1, 0.15) is 19.4 Å². The van der Waals surface area contributed by atoms with E-state index in [1.54, 1.807) is 0 Å². The van der Waals surface area contributed by atoms with Crippen molar-refractivity contribution in [2.75, 3.05) is 11.1 Å². The summed E-state index contributed by atoms with van der Waals surface area (Å²) in [6, 6.07) is 6.07. The summed E-state index contributed by atoms with van der Waals surface area (Å²) in [5, 5.41) is 3.43. The van der Waals surface area contributed by atoms with Crippen molar-refractivity contribution in [3.05, 3.63) is 23.8 Å². The van der Waals surface area contributed by atoms with Gasteiger partial charge >= 0.3 is 0 Å². The molecule has 1 aromatic rings. The molecule has 0 fully saturated rings. The van der Waals surface area contributed by atoms with Crippen LogP contribution in [0.3, 0.4) is 0 Å². The Hall–Kier alpha value is -1.18. The van der Waals surface area contributed by atoms with E-state index in [9.17, 15) is 0 Å². The van der Waals surface area contributed by atoms with Gasteiger partial charge in [0.15, 0.2) is 0 Å². The zero-order chi connectivity index (χ0) is 8.77. The van der Waals surface area contributed by atoms with E-state index in [0.717, 1.165) is 12.1 Å². The molecule has 12 heavy (non-hydrogen) atoms. The Morgan fingerprint density at radius 3 is 2.92 bits per heavy atom. The van der Waals surface area contributed by atoms with Gasteiger partial charge in [-0.05, 0) is 38.0 Å². The van der Waals surface area contributed by atoms with Crippen molar-refractivity contribution in [2.24, 2.45) is 0 Å². The van der Waals surface area contributed by atoms with Crippen molar-refractivity contribution in [1.29, 1.82) is 0 Å². The average molecular weight is 162 g/mol. The number of anilines is 2. The molecule has 1 heterocycles. The molecule has 0 unspecified atom stereocenters. The normalized spacial score (nSPS) is 18.5. The van der Waals surface area contributed by atoms with Crippen molar-refractivity contribution in [1.82, 2.24) is 0 Å². The first-order valence-corrected chi connectivity index (χ1v) is 4.23. The molecule has 0 amide bonds. The summed E-state index contributed by atoms with van der Waals surface area (Å²) >= 11 is 0. The molecule has 0 aliphatic carbocycles. The third-order valence-electron chi connectivity index (χ3n) is 2.24. The quantitative estimate of drug-likeness (QED) is 0.573. The van der Waals surface area contributed by atoms with Gasteiger partial charge in [-0.1, -0.05) is 6.07 Å². The first-order chi connectivity index (χ1) is 5.57. The fraction of sp³-hybridized carbons (Fsp3) is 0.400. The van der Waals surface area contributed by atoms with Crippen molar-refractivity contribution in [3.8, 4) is 0 Å². The minimum atomic E-state index is 0.191. The van der Waals surface area contributed by atoms with Crippen LogP contribution < -0.4 is 11.1 Å². The molecule has 0 spiro atoms. The lowest BCUT2D eigenvalue weighted by atomic mass is 10.0. The molecule has 0 saturated carbocycles. The van der Waals surface area contributed by atoms with Crippen LogP contribution in [-0.4, -0.2) is 5.54 Å². The van der Waals surface area contributed by atoms with E-state index in [1.807, 2.05) is 12.1 Å². The highest BCUT2D eigenvalue weighted by atomic mass is 15.0. The second kappa shape index (κ2) is 2.16. The zero-order valence-corrected chi connectivity index (χ0v) is 7.52.